The lowest BCUT2D eigenvalue weighted by Crippen LogP contribution is -2.42. The fourth-order valence-corrected chi connectivity index (χ4v) is 1.57. The summed E-state index contributed by atoms with van der Waals surface area (Å²) < 4.78 is 0. The zero-order valence-electron chi connectivity index (χ0n) is 11.6. The van der Waals surface area contributed by atoms with Gasteiger partial charge >= 0.3 is 0 Å². The van der Waals surface area contributed by atoms with Gasteiger partial charge in [-0.3, -0.25) is 30.6 Å². The van der Waals surface area contributed by atoms with Crippen molar-refractivity contribution in [2.75, 3.05) is 0 Å². The number of hydrazine groups is 1. The van der Waals surface area contributed by atoms with Gasteiger partial charge in [-0.2, -0.15) is 0 Å². The molecule has 2 N–H and O–H groups in total. The Morgan fingerprint density at radius 1 is 1.30 bits per heavy atom. The lowest BCUT2D eigenvalue weighted by atomic mass is 10.1. The van der Waals surface area contributed by atoms with Crippen molar-refractivity contribution in [2.45, 2.75) is 27.2 Å². The molecule has 0 aromatic heterocycles. The average molecular weight is 279 g/mol. The van der Waals surface area contributed by atoms with E-state index in [1.54, 1.807) is 6.92 Å². The predicted octanol–water partition coefficient (Wildman–Crippen LogP) is 1.71. The highest BCUT2D eigenvalue weighted by molar-refractivity contribution is 5.96. The number of rotatable bonds is 4. The average Bonchev–Trinajstić information content (AvgIpc) is 2.35. The van der Waals surface area contributed by atoms with E-state index in [2.05, 4.69) is 10.9 Å². The molecule has 0 aliphatic carbocycles. The van der Waals surface area contributed by atoms with Crippen LogP contribution in [0.25, 0.3) is 0 Å². The Hall–Kier alpha value is -2.44. The standard InChI is InChI=1S/C13H17N3O4/c1-8(2)6-12(17)14-15-13(18)10-5-4-9(3)11(7-10)16(19)20/h4-5,7-8H,6H2,1-3H3,(H,14,17)(H,15,18). The van der Waals surface area contributed by atoms with Gasteiger partial charge in [0.1, 0.15) is 0 Å². The number of carbonyl (C=O) groups is 2. The maximum Gasteiger partial charge on any atom is 0.273 e. The Balaban J connectivity index is 2.71. The number of nitro groups is 1. The van der Waals surface area contributed by atoms with Crippen LogP contribution in [0.1, 0.15) is 36.2 Å². The molecule has 0 fully saturated rings. The summed E-state index contributed by atoms with van der Waals surface area (Å²) in [6.07, 6.45) is 0.286. The van der Waals surface area contributed by atoms with Gasteiger partial charge in [0.15, 0.2) is 0 Å². The van der Waals surface area contributed by atoms with E-state index in [0.29, 0.717) is 5.56 Å². The molecule has 0 unspecified atom stereocenters. The first kappa shape index (κ1) is 15.6. The van der Waals surface area contributed by atoms with Crippen LogP contribution >= 0.6 is 0 Å². The number of benzene rings is 1. The van der Waals surface area contributed by atoms with E-state index < -0.39 is 10.8 Å². The maximum absolute atomic E-state index is 11.8. The number of hydrogen-bond acceptors (Lipinski definition) is 4. The fraction of sp³-hybridized carbons (Fsp3) is 0.385. The van der Waals surface area contributed by atoms with Crippen LogP contribution in [0.15, 0.2) is 18.2 Å². The Morgan fingerprint density at radius 3 is 2.50 bits per heavy atom. The predicted molar refractivity (Wildman–Crippen MR) is 72.9 cm³/mol. The highest BCUT2D eigenvalue weighted by Crippen LogP contribution is 2.18. The van der Waals surface area contributed by atoms with E-state index in [0.717, 1.165) is 0 Å². The van der Waals surface area contributed by atoms with Crippen LogP contribution in [0.4, 0.5) is 5.69 Å². The molecular formula is C13H17N3O4. The second-order valence-corrected chi connectivity index (χ2v) is 4.86. The summed E-state index contributed by atoms with van der Waals surface area (Å²) in [5, 5.41) is 10.8. The van der Waals surface area contributed by atoms with Gasteiger partial charge in [-0.1, -0.05) is 19.9 Å². The molecule has 0 heterocycles. The minimum atomic E-state index is -0.592. The summed E-state index contributed by atoms with van der Waals surface area (Å²) in [6.45, 7) is 5.35. The van der Waals surface area contributed by atoms with Crippen molar-refractivity contribution < 1.29 is 14.5 Å². The normalized spacial score (nSPS) is 10.2. The molecule has 108 valence electrons. The molecule has 1 aromatic rings. The van der Waals surface area contributed by atoms with Crippen LogP contribution in [0, 0.1) is 23.0 Å². The fourth-order valence-electron chi connectivity index (χ4n) is 1.57. The van der Waals surface area contributed by atoms with Crippen LogP contribution < -0.4 is 10.9 Å². The van der Waals surface area contributed by atoms with E-state index in [4.69, 9.17) is 0 Å². The first-order valence-electron chi connectivity index (χ1n) is 6.15. The minimum Gasteiger partial charge on any atom is -0.273 e. The van der Waals surface area contributed by atoms with Crippen LogP contribution in [-0.4, -0.2) is 16.7 Å². The largest absolute Gasteiger partial charge is 0.273 e. The Kier molecular flexibility index (Phi) is 5.19. The van der Waals surface area contributed by atoms with Gasteiger partial charge in [-0.15, -0.1) is 0 Å². The van der Waals surface area contributed by atoms with Gasteiger partial charge in [-0.05, 0) is 18.9 Å². The number of nitrogens with one attached hydrogen (secondary N) is 2. The molecule has 0 saturated heterocycles. The third kappa shape index (κ3) is 4.34. The first-order chi connectivity index (χ1) is 9.31. The smallest absolute Gasteiger partial charge is 0.273 e. The Labute approximate surface area is 116 Å². The maximum atomic E-state index is 11.8. The first-order valence-corrected chi connectivity index (χ1v) is 6.15. The number of nitrogens with zero attached hydrogens (tertiary/aromatic N) is 1. The molecule has 0 atom stereocenters. The van der Waals surface area contributed by atoms with Gasteiger partial charge in [-0.25, -0.2) is 0 Å². The van der Waals surface area contributed by atoms with Gasteiger partial charge < -0.3 is 0 Å². The molecule has 0 bridgehead atoms. The van der Waals surface area contributed by atoms with Crippen molar-refractivity contribution in [3.8, 4) is 0 Å². The van der Waals surface area contributed by atoms with Gasteiger partial charge in [0, 0.05) is 23.6 Å². The van der Waals surface area contributed by atoms with E-state index in [1.165, 1.54) is 18.2 Å². The number of hydrogen-bond donors (Lipinski definition) is 2. The molecule has 1 aromatic carbocycles. The zero-order valence-corrected chi connectivity index (χ0v) is 11.6. The Bertz CT molecular complexity index is 540. The molecule has 7 heteroatoms. The van der Waals surface area contributed by atoms with Crippen molar-refractivity contribution in [3.63, 3.8) is 0 Å². The number of amides is 2. The number of aryl methyl sites for hydroxylation is 1. The third-order valence-corrected chi connectivity index (χ3v) is 2.58. The quantitative estimate of drug-likeness (QED) is 0.647. The SMILES string of the molecule is Cc1ccc(C(=O)NNC(=O)CC(C)C)cc1[N+](=O)[O-]. The third-order valence-electron chi connectivity index (χ3n) is 2.58. The Morgan fingerprint density at radius 2 is 1.95 bits per heavy atom. The summed E-state index contributed by atoms with van der Waals surface area (Å²) >= 11 is 0. The minimum absolute atomic E-state index is 0.118. The van der Waals surface area contributed by atoms with Gasteiger partial charge in [0.2, 0.25) is 5.91 Å². The summed E-state index contributed by atoms with van der Waals surface area (Å²) in [5.74, 6) is -0.729. The van der Waals surface area contributed by atoms with E-state index in [-0.39, 0.29) is 29.5 Å². The molecule has 0 aliphatic rings. The monoisotopic (exact) mass is 279 g/mol. The molecular weight excluding hydrogens is 262 g/mol. The highest BCUT2D eigenvalue weighted by Gasteiger charge is 2.15. The highest BCUT2D eigenvalue weighted by atomic mass is 16.6. The topological polar surface area (TPSA) is 101 Å². The van der Waals surface area contributed by atoms with Crippen LogP contribution in [0.3, 0.4) is 0 Å². The molecule has 1 rings (SSSR count). The number of nitro benzene ring substituents is 1. The van der Waals surface area contributed by atoms with E-state index in [1.807, 2.05) is 13.8 Å². The number of carbonyl (C=O) groups excluding carboxylic acids is 2. The lowest BCUT2D eigenvalue weighted by Gasteiger charge is -2.09. The lowest BCUT2D eigenvalue weighted by molar-refractivity contribution is -0.385. The van der Waals surface area contributed by atoms with Crippen LogP contribution in [0.5, 0.6) is 0 Å². The molecule has 20 heavy (non-hydrogen) atoms. The molecule has 0 saturated carbocycles. The van der Waals surface area contributed by atoms with Gasteiger partial charge in [0.25, 0.3) is 11.6 Å². The van der Waals surface area contributed by atoms with E-state index >= 15 is 0 Å². The second-order valence-electron chi connectivity index (χ2n) is 4.86. The second kappa shape index (κ2) is 6.65. The van der Waals surface area contributed by atoms with Crippen molar-refractivity contribution in [1.82, 2.24) is 10.9 Å². The van der Waals surface area contributed by atoms with Crippen molar-refractivity contribution in [3.05, 3.63) is 39.4 Å². The molecule has 2 amide bonds. The van der Waals surface area contributed by atoms with Gasteiger partial charge in [0.05, 0.1) is 4.92 Å². The molecule has 0 spiro atoms. The van der Waals surface area contributed by atoms with Crippen molar-refractivity contribution >= 4 is 17.5 Å². The summed E-state index contributed by atoms with van der Waals surface area (Å²) in [6, 6.07) is 4.13. The molecule has 7 nitrogen and oxygen atoms in total. The summed E-state index contributed by atoms with van der Waals surface area (Å²) in [4.78, 5) is 33.4. The zero-order chi connectivity index (χ0) is 15.3. The molecule has 0 aliphatic heterocycles. The summed E-state index contributed by atoms with van der Waals surface area (Å²) in [5.41, 5.74) is 4.95. The summed E-state index contributed by atoms with van der Waals surface area (Å²) in [7, 11) is 0. The molecule has 0 radical (unpaired) electrons. The van der Waals surface area contributed by atoms with Crippen molar-refractivity contribution in [1.29, 1.82) is 0 Å². The van der Waals surface area contributed by atoms with Crippen LogP contribution in [-0.2, 0) is 4.79 Å². The van der Waals surface area contributed by atoms with Crippen LogP contribution in [0.2, 0.25) is 0 Å². The van der Waals surface area contributed by atoms with E-state index in [9.17, 15) is 19.7 Å². The van der Waals surface area contributed by atoms with Crippen molar-refractivity contribution in [2.24, 2.45) is 5.92 Å².